The Bertz CT molecular complexity index is 1090. The first-order valence-electron chi connectivity index (χ1n) is 10.8. The van der Waals surface area contributed by atoms with Crippen LogP contribution in [0.1, 0.15) is 42.1 Å². The van der Waals surface area contributed by atoms with Crippen molar-refractivity contribution in [2.24, 2.45) is 0 Å². The SMILES string of the molecule is COc1ccc(-n2ncc3c2C[C@H]2CC[C@H]3N2C(=O)CCc2cccc(OC)c2)cc1. The van der Waals surface area contributed by atoms with Gasteiger partial charge in [-0.1, -0.05) is 12.1 Å². The van der Waals surface area contributed by atoms with Crippen molar-refractivity contribution in [2.45, 2.75) is 44.2 Å². The number of carbonyl (C=O) groups is 1. The van der Waals surface area contributed by atoms with Crippen LogP contribution < -0.4 is 9.47 Å². The van der Waals surface area contributed by atoms with E-state index in [1.54, 1.807) is 14.2 Å². The fourth-order valence-electron chi connectivity index (χ4n) is 5.01. The molecule has 5 rings (SSSR count). The van der Waals surface area contributed by atoms with Crippen molar-refractivity contribution in [3.05, 3.63) is 71.5 Å². The average Bonchev–Trinajstić information content (AvgIpc) is 3.38. The number of ether oxygens (including phenoxy) is 2. The van der Waals surface area contributed by atoms with E-state index < -0.39 is 0 Å². The smallest absolute Gasteiger partial charge is 0.223 e. The lowest BCUT2D eigenvalue weighted by atomic mass is 9.98. The van der Waals surface area contributed by atoms with E-state index in [2.05, 4.69) is 16.1 Å². The number of hydrogen-bond donors (Lipinski definition) is 0. The minimum absolute atomic E-state index is 0.138. The number of aryl methyl sites for hydroxylation is 1. The number of benzene rings is 2. The van der Waals surface area contributed by atoms with Crippen molar-refractivity contribution in [2.75, 3.05) is 14.2 Å². The van der Waals surface area contributed by atoms with E-state index in [0.717, 1.165) is 48.4 Å². The van der Waals surface area contributed by atoms with Crippen molar-refractivity contribution in [3.8, 4) is 17.2 Å². The van der Waals surface area contributed by atoms with Gasteiger partial charge in [-0.15, -0.1) is 0 Å². The summed E-state index contributed by atoms with van der Waals surface area (Å²) in [4.78, 5) is 15.3. The summed E-state index contributed by atoms with van der Waals surface area (Å²) in [6.07, 6.45) is 6.10. The number of amides is 1. The predicted molar refractivity (Wildman–Crippen MR) is 118 cm³/mol. The zero-order valence-electron chi connectivity index (χ0n) is 18.0. The highest BCUT2D eigenvalue weighted by atomic mass is 16.5. The number of hydrogen-bond acceptors (Lipinski definition) is 4. The van der Waals surface area contributed by atoms with Gasteiger partial charge in [0.05, 0.1) is 37.8 Å². The molecule has 2 atom stereocenters. The monoisotopic (exact) mass is 417 g/mol. The molecule has 0 N–H and O–H groups in total. The zero-order chi connectivity index (χ0) is 21.4. The maximum absolute atomic E-state index is 13.2. The van der Waals surface area contributed by atoms with Crippen LogP contribution in [0, 0.1) is 0 Å². The Kier molecular flexibility index (Phi) is 5.14. The first kappa shape index (κ1) is 19.7. The van der Waals surface area contributed by atoms with E-state index in [4.69, 9.17) is 9.47 Å². The number of nitrogens with zero attached hydrogens (tertiary/aromatic N) is 3. The van der Waals surface area contributed by atoms with Gasteiger partial charge < -0.3 is 14.4 Å². The maximum Gasteiger partial charge on any atom is 0.223 e. The highest BCUT2D eigenvalue weighted by molar-refractivity contribution is 5.78. The molecule has 0 unspecified atom stereocenters. The summed E-state index contributed by atoms with van der Waals surface area (Å²) in [7, 11) is 3.34. The van der Waals surface area contributed by atoms with Crippen LogP contribution in [-0.2, 0) is 17.6 Å². The van der Waals surface area contributed by atoms with Crippen LogP contribution in [0.4, 0.5) is 0 Å². The lowest BCUT2D eigenvalue weighted by Crippen LogP contribution is -2.42. The second-order valence-electron chi connectivity index (χ2n) is 8.26. The third kappa shape index (κ3) is 3.56. The van der Waals surface area contributed by atoms with Crippen molar-refractivity contribution >= 4 is 5.91 Å². The van der Waals surface area contributed by atoms with Crippen LogP contribution in [0.25, 0.3) is 5.69 Å². The number of carbonyl (C=O) groups excluding carboxylic acids is 1. The highest BCUT2D eigenvalue weighted by Crippen LogP contribution is 2.44. The molecule has 1 aromatic heterocycles. The fraction of sp³-hybridized carbons (Fsp3) is 0.360. The maximum atomic E-state index is 13.2. The van der Waals surface area contributed by atoms with Crippen LogP contribution in [0.15, 0.2) is 54.7 Å². The molecule has 31 heavy (non-hydrogen) atoms. The van der Waals surface area contributed by atoms with Gasteiger partial charge in [0.1, 0.15) is 11.5 Å². The third-order valence-corrected chi connectivity index (χ3v) is 6.56. The summed E-state index contributed by atoms with van der Waals surface area (Å²) in [5.74, 6) is 1.90. The number of aromatic nitrogens is 2. The second kappa shape index (κ2) is 8.10. The van der Waals surface area contributed by atoms with Gasteiger partial charge in [-0.2, -0.15) is 5.10 Å². The molecule has 0 spiro atoms. The standard InChI is InChI=1S/C25H27N3O3/c1-30-20-10-7-18(8-11-20)28-24-15-19-9-12-23(22(24)16-26-28)27(19)25(29)13-6-17-4-3-5-21(14-17)31-2/h3-5,7-8,10-11,14,16,19,23H,6,9,12-13,15H2,1-2H3/t19-,23-/m1/s1. The second-order valence-corrected chi connectivity index (χ2v) is 8.26. The summed E-state index contributed by atoms with van der Waals surface area (Å²) in [5.41, 5.74) is 4.58. The third-order valence-electron chi connectivity index (χ3n) is 6.56. The predicted octanol–water partition coefficient (Wildman–Crippen LogP) is 4.11. The molecule has 1 saturated heterocycles. The van der Waals surface area contributed by atoms with Crippen molar-refractivity contribution < 1.29 is 14.3 Å². The lowest BCUT2D eigenvalue weighted by Gasteiger charge is -2.35. The van der Waals surface area contributed by atoms with Gasteiger partial charge in [0.15, 0.2) is 0 Å². The van der Waals surface area contributed by atoms with Gasteiger partial charge in [-0.05, 0) is 61.2 Å². The molecule has 0 aliphatic carbocycles. The molecule has 0 saturated carbocycles. The van der Waals surface area contributed by atoms with E-state index in [0.29, 0.717) is 6.42 Å². The van der Waals surface area contributed by atoms with Gasteiger partial charge >= 0.3 is 0 Å². The quantitative estimate of drug-likeness (QED) is 0.606. The topological polar surface area (TPSA) is 56.6 Å². The molecule has 2 aliphatic rings. The fourth-order valence-corrected chi connectivity index (χ4v) is 5.01. The summed E-state index contributed by atoms with van der Waals surface area (Å²) >= 11 is 0. The minimum Gasteiger partial charge on any atom is -0.497 e. The van der Waals surface area contributed by atoms with Crippen molar-refractivity contribution in [3.63, 3.8) is 0 Å². The molecule has 6 nitrogen and oxygen atoms in total. The van der Waals surface area contributed by atoms with Gasteiger partial charge in [0, 0.05) is 24.4 Å². The summed E-state index contributed by atoms with van der Waals surface area (Å²) < 4.78 is 12.6. The Morgan fingerprint density at radius 1 is 1.06 bits per heavy atom. The number of methoxy groups -OCH3 is 2. The minimum atomic E-state index is 0.138. The first-order valence-corrected chi connectivity index (χ1v) is 10.8. The van der Waals surface area contributed by atoms with E-state index in [9.17, 15) is 4.79 Å². The number of rotatable bonds is 6. The molecular formula is C25H27N3O3. The molecule has 2 bridgehead atoms. The van der Waals surface area contributed by atoms with Crippen LogP contribution in [0.5, 0.6) is 11.5 Å². The molecule has 3 aromatic rings. The zero-order valence-corrected chi connectivity index (χ0v) is 18.0. The van der Waals surface area contributed by atoms with Crippen LogP contribution in [0.3, 0.4) is 0 Å². The molecule has 1 fully saturated rings. The Hall–Kier alpha value is -3.28. The van der Waals surface area contributed by atoms with Gasteiger partial charge in [0.2, 0.25) is 5.91 Å². The Morgan fingerprint density at radius 2 is 1.87 bits per heavy atom. The Morgan fingerprint density at radius 3 is 2.65 bits per heavy atom. The molecule has 3 heterocycles. The lowest BCUT2D eigenvalue weighted by molar-refractivity contribution is -0.134. The van der Waals surface area contributed by atoms with E-state index >= 15 is 0 Å². The van der Waals surface area contributed by atoms with E-state index in [1.807, 2.05) is 53.3 Å². The number of fused-ring (bicyclic) bond motifs is 4. The van der Waals surface area contributed by atoms with Crippen molar-refractivity contribution in [1.29, 1.82) is 0 Å². The summed E-state index contributed by atoms with van der Waals surface area (Å²) in [6, 6.07) is 16.3. The Labute approximate surface area is 182 Å². The Balaban J connectivity index is 1.34. The normalized spacial score (nSPS) is 19.2. The van der Waals surface area contributed by atoms with E-state index in [-0.39, 0.29) is 18.0 Å². The van der Waals surface area contributed by atoms with Crippen LogP contribution in [-0.4, -0.2) is 40.8 Å². The molecule has 1 amide bonds. The largest absolute Gasteiger partial charge is 0.497 e. The molecule has 2 aliphatic heterocycles. The highest BCUT2D eigenvalue weighted by Gasteiger charge is 2.44. The van der Waals surface area contributed by atoms with Crippen molar-refractivity contribution in [1.82, 2.24) is 14.7 Å². The summed E-state index contributed by atoms with van der Waals surface area (Å²) in [5, 5.41) is 4.67. The van der Waals surface area contributed by atoms with E-state index in [1.165, 1.54) is 11.3 Å². The molecule has 6 heteroatoms. The first-order chi connectivity index (χ1) is 15.2. The van der Waals surface area contributed by atoms with Crippen LogP contribution >= 0.6 is 0 Å². The molecule has 0 radical (unpaired) electrons. The van der Waals surface area contributed by atoms with Gasteiger partial charge in [0.25, 0.3) is 0 Å². The van der Waals surface area contributed by atoms with Crippen LogP contribution in [0.2, 0.25) is 0 Å². The molecule has 160 valence electrons. The van der Waals surface area contributed by atoms with Gasteiger partial charge in [-0.25, -0.2) is 4.68 Å². The van der Waals surface area contributed by atoms with Gasteiger partial charge in [-0.3, -0.25) is 4.79 Å². The molecular weight excluding hydrogens is 390 g/mol. The molecule has 2 aromatic carbocycles. The summed E-state index contributed by atoms with van der Waals surface area (Å²) in [6.45, 7) is 0. The average molecular weight is 418 g/mol.